The lowest BCUT2D eigenvalue weighted by Gasteiger charge is -2.15. The second-order valence-electron chi connectivity index (χ2n) is 3.04. The summed E-state index contributed by atoms with van der Waals surface area (Å²) in [5.41, 5.74) is 0. The van der Waals surface area contributed by atoms with E-state index in [0.29, 0.717) is 19.4 Å². The first-order chi connectivity index (χ1) is 7.61. The number of hydrogen-bond donors (Lipinski definition) is 3. The summed E-state index contributed by atoms with van der Waals surface area (Å²) < 4.78 is 0.762. The average Bonchev–Trinajstić information content (AvgIpc) is 2.24. The summed E-state index contributed by atoms with van der Waals surface area (Å²) in [4.78, 5) is 32.1. The van der Waals surface area contributed by atoms with Gasteiger partial charge in [-0.2, -0.15) is 0 Å². The summed E-state index contributed by atoms with van der Waals surface area (Å²) in [7, 11) is 0. The number of hydrogen-bond acceptors (Lipinski definition) is 4. The van der Waals surface area contributed by atoms with E-state index in [1.807, 2.05) is 0 Å². The van der Waals surface area contributed by atoms with Crippen LogP contribution in [0.1, 0.15) is 12.8 Å². The molecule has 0 heterocycles. The van der Waals surface area contributed by atoms with Crippen LogP contribution in [-0.4, -0.2) is 46.8 Å². The van der Waals surface area contributed by atoms with Crippen LogP contribution in [0.25, 0.3) is 0 Å². The Morgan fingerprint density at radius 1 is 1.38 bits per heavy atom. The van der Waals surface area contributed by atoms with Crippen molar-refractivity contribution >= 4 is 40.8 Å². The summed E-state index contributed by atoms with van der Waals surface area (Å²) in [5.74, 6) is -1.39. The first kappa shape index (κ1) is 15.3. The zero-order valence-corrected chi connectivity index (χ0v) is 10.9. The predicted octanol–water partition coefficient (Wildman–Crippen LogP) is -0.440. The van der Waals surface area contributed by atoms with Crippen molar-refractivity contribution in [2.75, 3.05) is 17.5 Å². The number of nitrogens with one attached hydrogen (secondary N) is 2. The van der Waals surface area contributed by atoms with Crippen LogP contribution in [0.5, 0.6) is 0 Å². The van der Waals surface area contributed by atoms with Gasteiger partial charge in [-0.15, -0.1) is 0 Å². The van der Waals surface area contributed by atoms with E-state index in [0.717, 1.165) is 4.43 Å². The molecule has 6 nitrogen and oxygen atoms in total. The van der Waals surface area contributed by atoms with Gasteiger partial charge in [0, 0.05) is 23.9 Å². The third-order valence-corrected chi connectivity index (χ3v) is 2.28. The van der Waals surface area contributed by atoms with Gasteiger partial charge in [0.05, 0.1) is 12.5 Å². The summed E-state index contributed by atoms with van der Waals surface area (Å²) in [6, 6.07) is -0.777. The van der Waals surface area contributed by atoms with Gasteiger partial charge in [0.15, 0.2) is 0 Å². The molecule has 0 saturated carbocycles. The Bertz CT molecular complexity index is 248. The van der Waals surface area contributed by atoms with Gasteiger partial charge in [-0.1, -0.05) is 22.6 Å². The van der Waals surface area contributed by atoms with Gasteiger partial charge in [0.25, 0.3) is 0 Å². The fraction of sp³-hybridized carbons (Fsp3) is 0.667. The Morgan fingerprint density at radius 2 is 2.06 bits per heavy atom. The van der Waals surface area contributed by atoms with E-state index >= 15 is 0 Å². The molecule has 0 saturated heterocycles. The maximum atomic E-state index is 11.5. The van der Waals surface area contributed by atoms with Crippen molar-refractivity contribution < 1.29 is 19.5 Å². The molecular weight excluding hydrogens is 327 g/mol. The van der Waals surface area contributed by atoms with Crippen LogP contribution in [0.4, 0.5) is 0 Å². The number of carbonyl (C=O) groups is 3. The first-order valence-corrected chi connectivity index (χ1v) is 6.36. The van der Waals surface area contributed by atoms with Crippen LogP contribution >= 0.6 is 22.6 Å². The molecule has 3 N–H and O–H groups in total. The lowest BCUT2D eigenvalue weighted by molar-refractivity contribution is -0.139. The Kier molecular flexibility index (Phi) is 9.10. The number of alkyl halides is 1. The largest absolute Gasteiger partial charge is 0.481 e. The van der Waals surface area contributed by atoms with Crippen molar-refractivity contribution in [3.8, 4) is 0 Å². The molecule has 0 aromatic carbocycles. The second kappa shape index (κ2) is 9.52. The summed E-state index contributed by atoms with van der Waals surface area (Å²) in [6.45, 7) is 0.809. The maximum absolute atomic E-state index is 11.5. The molecule has 0 spiro atoms. The van der Waals surface area contributed by atoms with Crippen LogP contribution in [-0.2, 0) is 14.4 Å². The maximum Gasteiger partial charge on any atom is 0.305 e. The molecule has 0 aliphatic heterocycles. The monoisotopic (exact) mass is 342 g/mol. The molecule has 0 aliphatic rings. The first-order valence-electron chi connectivity index (χ1n) is 4.84. The van der Waals surface area contributed by atoms with Crippen LogP contribution in [0.3, 0.4) is 0 Å². The molecule has 1 atom stereocenters. The number of rotatable bonds is 9. The Labute approximate surface area is 107 Å². The highest BCUT2D eigenvalue weighted by molar-refractivity contribution is 14.1. The normalized spacial score (nSPS) is 11.8. The van der Waals surface area contributed by atoms with Gasteiger partial charge in [-0.25, -0.2) is 0 Å². The number of carboxylic acid groups (broad SMARTS) is 1. The summed E-state index contributed by atoms with van der Waals surface area (Å²) in [5, 5.41) is 14.0. The third kappa shape index (κ3) is 7.57. The van der Waals surface area contributed by atoms with Crippen molar-refractivity contribution in [3.63, 3.8) is 0 Å². The number of aldehydes is 1. The lowest BCUT2D eigenvalue weighted by atomic mass is 10.2. The van der Waals surface area contributed by atoms with Crippen molar-refractivity contribution in [1.82, 2.24) is 10.6 Å². The molecule has 0 aliphatic carbocycles. The topological polar surface area (TPSA) is 95.5 Å². The van der Waals surface area contributed by atoms with E-state index in [4.69, 9.17) is 5.11 Å². The van der Waals surface area contributed by atoms with Crippen LogP contribution in [0.15, 0.2) is 0 Å². The quantitative estimate of drug-likeness (QED) is 0.229. The molecule has 0 aromatic heterocycles. The lowest BCUT2D eigenvalue weighted by Crippen LogP contribution is -2.46. The van der Waals surface area contributed by atoms with Gasteiger partial charge >= 0.3 is 5.97 Å². The van der Waals surface area contributed by atoms with Crippen LogP contribution in [0.2, 0.25) is 0 Å². The van der Waals surface area contributed by atoms with Crippen molar-refractivity contribution in [1.29, 1.82) is 0 Å². The van der Waals surface area contributed by atoms with E-state index in [-0.39, 0.29) is 18.7 Å². The van der Waals surface area contributed by atoms with Crippen molar-refractivity contribution in [3.05, 3.63) is 0 Å². The highest BCUT2D eigenvalue weighted by atomic mass is 127. The summed E-state index contributed by atoms with van der Waals surface area (Å²) in [6.07, 6.45) is 0.690. The minimum atomic E-state index is -1.05. The zero-order valence-electron chi connectivity index (χ0n) is 8.74. The highest BCUT2D eigenvalue weighted by Gasteiger charge is 2.20. The molecule has 0 fully saturated rings. The van der Waals surface area contributed by atoms with Crippen LogP contribution in [0, 0.1) is 0 Å². The molecule has 1 unspecified atom stereocenters. The zero-order chi connectivity index (χ0) is 12.4. The number of aliphatic carboxylic acids is 1. The fourth-order valence-corrected chi connectivity index (χ4v) is 1.31. The number of carbonyl (C=O) groups excluding carboxylic acids is 2. The van der Waals surface area contributed by atoms with E-state index in [2.05, 4.69) is 33.2 Å². The van der Waals surface area contributed by atoms with Crippen LogP contribution < -0.4 is 10.6 Å². The molecule has 0 bridgehead atoms. The van der Waals surface area contributed by atoms with E-state index in [1.165, 1.54) is 0 Å². The summed E-state index contributed by atoms with van der Waals surface area (Å²) >= 11 is 2.11. The van der Waals surface area contributed by atoms with E-state index < -0.39 is 12.0 Å². The fourth-order valence-electron chi connectivity index (χ4n) is 1.04. The minimum absolute atomic E-state index is 0.260. The van der Waals surface area contributed by atoms with Gasteiger partial charge in [0.1, 0.15) is 6.29 Å². The number of halogens is 1. The molecule has 0 rings (SSSR count). The van der Waals surface area contributed by atoms with Gasteiger partial charge in [-0.05, 0) is 0 Å². The Hall–Kier alpha value is -0.700. The standard InChI is InChI=1S/C9H15IN2O4/c10-2-4-12-9(16)7(6-8(14)15)11-3-1-5-13/h5,7,11H,1-4,6H2,(H,12,16)(H,14,15). The second-order valence-corrected chi connectivity index (χ2v) is 4.12. The van der Waals surface area contributed by atoms with Crippen molar-refractivity contribution in [2.24, 2.45) is 0 Å². The number of amides is 1. The molecule has 7 heteroatoms. The van der Waals surface area contributed by atoms with E-state index in [1.54, 1.807) is 0 Å². The SMILES string of the molecule is O=CCCNC(CC(=O)O)C(=O)NCCI. The van der Waals surface area contributed by atoms with E-state index in [9.17, 15) is 14.4 Å². The van der Waals surface area contributed by atoms with Gasteiger partial charge < -0.3 is 20.5 Å². The van der Waals surface area contributed by atoms with Gasteiger partial charge in [0.2, 0.25) is 5.91 Å². The smallest absolute Gasteiger partial charge is 0.305 e. The molecule has 0 radical (unpaired) electrons. The number of carboxylic acids is 1. The highest BCUT2D eigenvalue weighted by Crippen LogP contribution is 1.93. The minimum Gasteiger partial charge on any atom is -0.481 e. The molecule has 0 aromatic rings. The Balaban J connectivity index is 4.11. The molecule has 1 amide bonds. The van der Waals surface area contributed by atoms with Crippen molar-refractivity contribution in [2.45, 2.75) is 18.9 Å². The predicted molar refractivity (Wildman–Crippen MR) is 66.6 cm³/mol. The van der Waals surface area contributed by atoms with Gasteiger partial charge in [-0.3, -0.25) is 9.59 Å². The molecule has 16 heavy (non-hydrogen) atoms. The third-order valence-electron chi connectivity index (χ3n) is 1.74. The average molecular weight is 342 g/mol. The molecular formula is C9H15IN2O4. The Morgan fingerprint density at radius 3 is 2.56 bits per heavy atom. The molecule has 92 valence electrons.